The van der Waals surface area contributed by atoms with Crippen molar-refractivity contribution in [1.29, 1.82) is 0 Å². The molecular weight excluding hydrogens is 300 g/mol. The largest absolute Gasteiger partial charge is 0.506 e. The van der Waals surface area contributed by atoms with E-state index in [0.717, 1.165) is 16.9 Å². The number of aromatic hydroxyl groups is 1. The van der Waals surface area contributed by atoms with Gasteiger partial charge in [-0.3, -0.25) is 0 Å². The van der Waals surface area contributed by atoms with E-state index in [1.54, 1.807) is 24.3 Å². The summed E-state index contributed by atoms with van der Waals surface area (Å²) < 4.78 is 0. The Morgan fingerprint density at radius 3 is 1.79 bits per heavy atom. The Hall–Kier alpha value is -3.34. The van der Waals surface area contributed by atoms with E-state index in [0.29, 0.717) is 11.4 Å². The quantitative estimate of drug-likeness (QED) is 0.546. The molecule has 0 radical (unpaired) electrons. The van der Waals surface area contributed by atoms with Gasteiger partial charge in [0.1, 0.15) is 11.4 Å². The van der Waals surface area contributed by atoms with Crippen molar-refractivity contribution in [3.8, 4) is 5.75 Å². The highest BCUT2D eigenvalue weighted by molar-refractivity contribution is 5.53. The third-order valence-corrected chi connectivity index (χ3v) is 3.29. The molecule has 0 aliphatic heterocycles. The third-order valence-electron chi connectivity index (χ3n) is 3.29. The average molecular weight is 316 g/mol. The molecule has 5 nitrogen and oxygen atoms in total. The van der Waals surface area contributed by atoms with Crippen LogP contribution >= 0.6 is 0 Å². The number of hydrogen-bond acceptors (Lipinski definition) is 5. The van der Waals surface area contributed by atoms with Crippen LogP contribution in [-0.4, -0.2) is 5.11 Å². The normalized spacial score (nSPS) is 11.4. The van der Waals surface area contributed by atoms with Crippen LogP contribution in [0.25, 0.3) is 0 Å². The van der Waals surface area contributed by atoms with Gasteiger partial charge < -0.3 is 5.11 Å². The van der Waals surface area contributed by atoms with Crippen molar-refractivity contribution in [3.63, 3.8) is 0 Å². The number of azo groups is 2. The lowest BCUT2D eigenvalue weighted by Crippen LogP contribution is -1.72. The molecule has 0 unspecified atom stereocenters. The first-order valence-corrected chi connectivity index (χ1v) is 7.49. The van der Waals surface area contributed by atoms with Gasteiger partial charge >= 0.3 is 0 Å². The van der Waals surface area contributed by atoms with Crippen molar-refractivity contribution in [1.82, 2.24) is 0 Å². The molecule has 1 N–H and O–H groups in total. The molecule has 3 aromatic carbocycles. The summed E-state index contributed by atoms with van der Waals surface area (Å²) in [5.74, 6) is 0.109. The number of phenolic OH excluding ortho intramolecular Hbond substituents is 1. The van der Waals surface area contributed by atoms with Crippen LogP contribution in [-0.2, 0) is 0 Å². The number of phenols is 1. The molecule has 0 aromatic heterocycles. The minimum absolute atomic E-state index is 0.109. The molecule has 118 valence electrons. The van der Waals surface area contributed by atoms with Crippen molar-refractivity contribution in [2.75, 3.05) is 0 Å². The molecule has 0 saturated heterocycles. The van der Waals surface area contributed by atoms with Gasteiger partial charge in [-0.25, -0.2) is 0 Å². The maximum Gasteiger partial charge on any atom is 0.143 e. The van der Waals surface area contributed by atoms with Crippen molar-refractivity contribution in [3.05, 3.63) is 78.4 Å². The lowest BCUT2D eigenvalue weighted by molar-refractivity contribution is 0.476. The Labute approximate surface area is 140 Å². The molecule has 3 aromatic rings. The molecule has 0 aliphatic carbocycles. The standard InChI is InChI=1S/C19H16N4O/c1-14-7-12-19(24)18(13-14)23-22-17-10-8-16(9-11-17)21-20-15-5-3-2-4-6-15/h2-13,24H,1H3. The zero-order valence-electron chi connectivity index (χ0n) is 13.2. The van der Waals surface area contributed by atoms with E-state index in [4.69, 9.17) is 0 Å². The highest BCUT2D eigenvalue weighted by atomic mass is 16.3. The topological polar surface area (TPSA) is 69.7 Å². The first-order chi connectivity index (χ1) is 11.7. The summed E-state index contributed by atoms with van der Waals surface area (Å²) in [4.78, 5) is 0. The van der Waals surface area contributed by atoms with E-state index in [1.165, 1.54) is 0 Å². The van der Waals surface area contributed by atoms with Crippen molar-refractivity contribution in [2.24, 2.45) is 20.5 Å². The van der Waals surface area contributed by atoms with E-state index in [-0.39, 0.29) is 5.75 Å². The molecule has 3 rings (SSSR count). The van der Waals surface area contributed by atoms with E-state index >= 15 is 0 Å². The molecule has 5 heteroatoms. The Morgan fingerprint density at radius 2 is 1.17 bits per heavy atom. The summed E-state index contributed by atoms with van der Waals surface area (Å²) >= 11 is 0. The predicted molar refractivity (Wildman–Crippen MR) is 94.1 cm³/mol. The van der Waals surface area contributed by atoms with Crippen LogP contribution in [0.2, 0.25) is 0 Å². The van der Waals surface area contributed by atoms with Crippen LogP contribution in [0.5, 0.6) is 5.75 Å². The van der Waals surface area contributed by atoms with E-state index in [2.05, 4.69) is 20.5 Å². The minimum atomic E-state index is 0.109. The van der Waals surface area contributed by atoms with Crippen molar-refractivity contribution < 1.29 is 5.11 Å². The Bertz CT molecular complexity index is 872. The number of hydrogen-bond donors (Lipinski definition) is 1. The van der Waals surface area contributed by atoms with Crippen LogP contribution in [0, 0.1) is 6.92 Å². The predicted octanol–water partition coefficient (Wildman–Crippen LogP) is 6.53. The summed E-state index contributed by atoms with van der Waals surface area (Å²) in [6, 6.07) is 22.0. The second-order valence-corrected chi connectivity index (χ2v) is 5.24. The molecule has 0 saturated carbocycles. The summed E-state index contributed by atoms with van der Waals surface area (Å²) in [6.07, 6.45) is 0. The fraction of sp³-hybridized carbons (Fsp3) is 0.0526. The fourth-order valence-corrected chi connectivity index (χ4v) is 2.02. The zero-order chi connectivity index (χ0) is 16.8. The molecule has 0 spiro atoms. The van der Waals surface area contributed by atoms with Crippen molar-refractivity contribution >= 4 is 22.7 Å². The van der Waals surface area contributed by atoms with Gasteiger partial charge in [-0.05, 0) is 61.0 Å². The van der Waals surface area contributed by atoms with Gasteiger partial charge in [-0.15, -0.1) is 5.11 Å². The number of benzene rings is 3. The Morgan fingerprint density at radius 1 is 0.625 bits per heavy atom. The van der Waals surface area contributed by atoms with Crippen LogP contribution in [0.1, 0.15) is 5.56 Å². The van der Waals surface area contributed by atoms with Crippen LogP contribution < -0.4 is 0 Å². The summed E-state index contributed by atoms with van der Waals surface area (Å²) in [6.45, 7) is 1.94. The molecule has 0 atom stereocenters. The Balaban J connectivity index is 1.71. The first kappa shape index (κ1) is 15.6. The van der Waals surface area contributed by atoms with Crippen molar-refractivity contribution in [2.45, 2.75) is 6.92 Å². The summed E-state index contributed by atoms with van der Waals surface area (Å²) in [5, 5.41) is 26.3. The summed E-state index contributed by atoms with van der Waals surface area (Å²) in [5.41, 5.74) is 3.67. The second-order valence-electron chi connectivity index (χ2n) is 5.24. The molecule has 0 fully saturated rings. The van der Waals surface area contributed by atoms with Crippen LogP contribution in [0.4, 0.5) is 22.7 Å². The van der Waals surface area contributed by atoms with Crippen LogP contribution in [0.15, 0.2) is 93.3 Å². The van der Waals surface area contributed by atoms with Gasteiger partial charge in [0.25, 0.3) is 0 Å². The molecular formula is C19H16N4O. The lowest BCUT2D eigenvalue weighted by atomic mass is 10.2. The average Bonchev–Trinajstić information content (AvgIpc) is 2.62. The van der Waals surface area contributed by atoms with E-state index < -0.39 is 0 Å². The van der Waals surface area contributed by atoms with Crippen LogP contribution in [0.3, 0.4) is 0 Å². The van der Waals surface area contributed by atoms with E-state index in [9.17, 15) is 5.11 Å². The SMILES string of the molecule is Cc1ccc(O)c(N=Nc2ccc(N=Nc3ccccc3)cc2)c1. The minimum Gasteiger partial charge on any atom is -0.506 e. The molecule has 0 aliphatic rings. The monoisotopic (exact) mass is 316 g/mol. The van der Waals surface area contributed by atoms with Gasteiger partial charge in [0.05, 0.1) is 17.1 Å². The Kier molecular flexibility index (Phi) is 4.72. The lowest BCUT2D eigenvalue weighted by Gasteiger charge is -1.99. The summed E-state index contributed by atoms with van der Waals surface area (Å²) in [7, 11) is 0. The molecule has 0 amide bonds. The van der Waals surface area contributed by atoms with Gasteiger partial charge in [-0.1, -0.05) is 24.3 Å². The van der Waals surface area contributed by atoms with Gasteiger partial charge in [0, 0.05) is 0 Å². The zero-order valence-corrected chi connectivity index (χ0v) is 13.2. The maximum absolute atomic E-state index is 9.75. The maximum atomic E-state index is 9.75. The molecule has 0 bridgehead atoms. The smallest absolute Gasteiger partial charge is 0.143 e. The van der Waals surface area contributed by atoms with Gasteiger partial charge in [-0.2, -0.15) is 15.3 Å². The number of aryl methyl sites for hydroxylation is 1. The second kappa shape index (κ2) is 7.28. The van der Waals surface area contributed by atoms with Gasteiger partial charge in [0.2, 0.25) is 0 Å². The highest BCUT2D eigenvalue weighted by Gasteiger charge is 1.99. The molecule has 0 heterocycles. The number of rotatable bonds is 4. The molecule has 24 heavy (non-hydrogen) atoms. The number of nitrogens with zero attached hydrogens (tertiary/aromatic N) is 4. The first-order valence-electron chi connectivity index (χ1n) is 7.49. The van der Waals surface area contributed by atoms with Gasteiger partial charge in [0.15, 0.2) is 0 Å². The van der Waals surface area contributed by atoms with E-state index in [1.807, 2.05) is 55.5 Å². The fourth-order valence-electron chi connectivity index (χ4n) is 2.02. The third kappa shape index (κ3) is 4.10. The highest BCUT2D eigenvalue weighted by Crippen LogP contribution is 2.29.